The number of ether oxygens (including phenoxy) is 2. The summed E-state index contributed by atoms with van der Waals surface area (Å²) in [7, 11) is 1.47. The smallest absolute Gasteiger partial charge is 0.305 e. The molecule has 4 rings (SSSR count). The second kappa shape index (κ2) is 9.64. The van der Waals surface area contributed by atoms with Crippen molar-refractivity contribution in [1.29, 1.82) is 0 Å². The van der Waals surface area contributed by atoms with E-state index in [9.17, 15) is 4.79 Å². The van der Waals surface area contributed by atoms with Gasteiger partial charge in [0.15, 0.2) is 0 Å². The molecule has 0 spiro atoms. The molecule has 2 aromatic carbocycles. The molecule has 2 aromatic rings. The zero-order valence-electron chi connectivity index (χ0n) is 22.9. The molecule has 35 heavy (non-hydrogen) atoms. The Kier molecular flexibility index (Phi) is 7.10. The summed E-state index contributed by atoms with van der Waals surface area (Å²) in [6, 6.07) is 15.5. The zero-order chi connectivity index (χ0) is 25.4. The van der Waals surface area contributed by atoms with Crippen molar-refractivity contribution in [2.75, 3.05) is 7.11 Å². The van der Waals surface area contributed by atoms with Crippen LogP contribution in [0.5, 0.6) is 5.75 Å². The standard InChI is InChI=1S/C32H44O3/c1-30(2)17-8-18-31(3,4)27-19-22(9-15-26(27)30)21-35-24-12-10-23(11-13-24)25(14-16-29(33)34-7)28-20-32(28,5)6/h9-13,15,19,25,28H,8,14,16-18,20-21H2,1-7H3/t25-,28?/m0/s1. The van der Waals surface area contributed by atoms with Gasteiger partial charge in [0.05, 0.1) is 7.11 Å². The Bertz CT molecular complexity index is 1040. The Morgan fingerprint density at radius 3 is 2.17 bits per heavy atom. The first-order valence-corrected chi connectivity index (χ1v) is 13.4. The number of carbonyl (C=O) groups excluding carboxylic acids is 1. The van der Waals surface area contributed by atoms with Gasteiger partial charge in [-0.1, -0.05) is 78.3 Å². The van der Waals surface area contributed by atoms with E-state index in [1.165, 1.54) is 55.0 Å². The van der Waals surface area contributed by atoms with Gasteiger partial charge < -0.3 is 9.47 Å². The number of carbonyl (C=O) groups is 1. The van der Waals surface area contributed by atoms with Crippen LogP contribution in [0.2, 0.25) is 0 Å². The van der Waals surface area contributed by atoms with E-state index in [1.54, 1.807) is 0 Å². The van der Waals surface area contributed by atoms with Gasteiger partial charge in [0, 0.05) is 6.42 Å². The van der Waals surface area contributed by atoms with Crippen LogP contribution in [0.3, 0.4) is 0 Å². The fraction of sp³-hybridized carbons (Fsp3) is 0.594. The van der Waals surface area contributed by atoms with E-state index < -0.39 is 0 Å². The molecule has 190 valence electrons. The highest BCUT2D eigenvalue weighted by molar-refractivity contribution is 5.69. The number of hydrogen-bond acceptors (Lipinski definition) is 3. The number of esters is 1. The molecule has 2 aliphatic carbocycles. The Labute approximate surface area is 212 Å². The van der Waals surface area contributed by atoms with E-state index in [0.717, 1.165) is 12.2 Å². The molecule has 0 bridgehead atoms. The molecule has 0 saturated heterocycles. The van der Waals surface area contributed by atoms with Crippen molar-refractivity contribution >= 4 is 5.97 Å². The van der Waals surface area contributed by atoms with Gasteiger partial charge >= 0.3 is 5.97 Å². The summed E-state index contributed by atoms with van der Waals surface area (Å²) < 4.78 is 11.1. The van der Waals surface area contributed by atoms with Crippen LogP contribution in [0.4, 0.5) is 0 Å². The SMILES string of the molecule is COC(=O)CC[C@@H](c1ccc(OCc2ccc3c(c2)C(C)(C)CCCC3(C)C)cc1)C1CC1(C)C. The first-order valence-electron chi connectivity index (χ1n) is 13.4. The third-order valence-corrected chi connectivity index (χ3v) is 8.82. The van der Waals surface area contributed by atoms with Gasteiger partial charge in [-0.3, -0.25) is 4.79 Å². The van der Waals surface area contributed by atoms with Crippen molar-refractivity contribution in [3.8, 4) is 5.75 Å². The molecule has 0 aromatic heterocycles. The molecule has 2 atom stereocenters. The van der Waals surface area contributed by atoms with Gasteiger partial charge in [-0.15, -0.1) is 0 Å². The molecule has 0 heterocycles. The highest BCUT2D eigenvalue weighted by atomic mass is 16.5. The molecule has 0 N–H and O–H groups in total. The van der Waals surface area contributed by atoms with Gasteiger partial charge in [-0.25, -0.2) is 0 Å². The van der Waals surface area contributed by atoms with E-state index in [-0.39, 0.29) is 16.8 Å². The Hall–Kier alpha value is -2.29. The van der Waals surface area contributed by atoms with Gasteiger partial charge in [-0.2, -0.15) is 0 Å². The maximum Gasteiger partial charge on any atom is 0.305 e. The molecule has 1 saturated carbocycles. The average molecular weight is 477 g/mol. The molecule has 2 aliphatic rings. The fourth-order valence-corrected chi connectivity index (χ4v) is 6.22. The van der Waals surface area contributed by atoms with Crippen LogP contribution in [0.25, 0.3) is 0 Å². The van der Waals surface area contributed by atoms with E-state index in [0.29, 0.717) is 30.3 Å². The number of methoxy groups -OCH3 is 1. The van der Waals surface area contributed by atoms with E-state index in [4.69, 9.17) is 9.47 Å². The summed E-state index contributed by atoms with van der Waals surface area (Å²) in [4.78, 5) is 11.8. The molecule has 1 fully saturated rings. The zero-order valence-corrected chi connectivity index (χ0v) is 22.9. The van der Waals surface area contributed by atoms with Crippen molar-refractivity contribution in [2.45, 2.75) is 103 Å². The summed E-state index contributed by atoms with van der Waals surface area (Å²) >= 11 is 0. The van der Waals surface area contributed by atoms with Crippen LogP contribution < -0.4 is 4.74 Å². The summed E-state index contributed by atoms with van der Waals surface area (Å²) in [5, 5.41) is 0. The lowest BCUT2D eigenvalue weighted by Gasteiger charge is -2.30. The number of rotatable bonds is 8. The minimum absolute atomic E-state index is 0.124. The van der Waals surface area contributed by atoms with Gasteiger partial charge in [-0.05, 0) is 88.2 Å². The molecular formula is C32H44O3. The first-order chi connectivity index (χ1) is 16.4. The number of benzene rings is 2. The summed E-state index contributed by atoms with van der Waals surface area (Å²) in [5.74, 6) is 1.77. The van der Waals surface area contributed by atoms with Gasteiger partial charge in [0.25, 0.3) is 0 Å². The minimum Gasteiger partial charge on any atom is -0.489 e. The van der Waals surface area contributed by atoms with Crippen LogP contribution in [0, 0.1) is 11.3 Å². The molecule has 0 amide bonds. The molecule has 3 heteroatoms. The second-order valence-corrected chi connectivity index (χ2v) is 12.9. The molecule has 3 nitrogen and oxygen atoms in total. The second-order valence-electron chi connectivity index (χ2n) is 12.9. The third-order valence-electron chi connectivity index (χ3n) is 8.82. The highest BCUT2D eigenvalue weighted by Gasteiger charge is 2.50. The van der Waals surface area contributed by atoms with Crippen molar-refractivity contribution in [3.63, 3.8) is 0 Å². The van der Waals surface area contributed by atoms with Crippen molar-refractivity contribution in [1.82, 2.24) is 0 Å². The Morgan fingerprint density at radius 1 is 0.943 bits per heavy atom. The summed E-state index contributed by atoms with van der Waals surface area (Å²) in [6.07, 6.45) is 6.25. The lowest BCUT2D eigenvalue weighted by Crippen LogP contribution is -2.22. The highest BCUT2D eigenvalue weighted by Crippen LogP contribution is 2.59. The normalized spacial score (nSPS) is 22.4. The van der Waals surface area contributed by atoms with Crippen LogP contribution in [-0.2, 0) is 27.0 Å². The molecular weight excluding hydrogens is 432 g/mol. The largest absolute Gasteiger partial charge is 0.489 e. The van der Waals surface area contributed by atoms with Crippen LogP contribution in [0.15, 0.2) is 42.5 Å². The third kappa shape index (κ3) is 5.76. The fourth-order valence-electron chi connectivity index (χ4n) is 6.22. The van der Waals surface area contributed by atoms with Crippen LogP contribution >= 0.6 is 0 Å². The molecule has 1 unspecified atom stereocenters. The number of fused-ring (bicyclic) bond motifs is 1. The van der Waals surface area contributed by atoms with Gasteiger partial charge in [0.1, 0.15) is 12.4 Å². The monoisotopic (exact) mass is 476 g/mol. The molecule has 0 aliphatic heterocycles. The maximum atomic E-state index is 11.8. The average Bonchev–Trinajstić information content (AvgIpc) is 3.46. The van der Waals surface area contributed by atoms with Crippen molar-refractivity contribution < 1.29 is 14.3 Å². The van der Waals surface area contributed by atoms with Gasteiger partial charge in [0.2, 0.25) is 0 Å². The van der Waals surface area contributed by atoms with E-state index >= 15 is 0 Å². The van der Waals surface area contributed by atoms with Crippen molar-refractivity contribution in [3.05, 3.63) is 64.7 Å². The minimum atomic E-state index is -0.124. The lowest BCUT2D eigenvalue weighted by atomic mass is 9.75. The number of hydrogen-bond donors (Lipinski definition) is 0. The topological polar surface area (TPSA) is 35.5 Å². The van der Waals surface area contributed by atoms with Crippen molar-refractivity contribution in [2.24, 2.45) is 11.3 Å². The van der Waals surface area contributed by atoms with Crippen LogP contribution in [0.1, 0.15) is 108 Å². The first kappa shape index (κ1) is 25.8. The van der Waals surface area contributed by atoms with E-state index in [2.05, 4.69) is 84.0 Å². The Morgan fingerprint density at radius 2 is 1.57 bits per heavy atom. The maximum absolute atomic E-state index is 11.8. The quantitative estimate of drug-likeness (QED) is 0.285. The summed E-state index contributed by atoms with van der Waals surface area (Å²) in [5.41, 5.74) is 6.27. The lowest BCUT2D eigenvalue weighted by molar-refractivity contribution is -0.140. The van der Waals surface area contributed by atoms with Crippen LogP contribution in [-0.4, -0.2) is 13.1 Å². The molecule has 0 radical (unpaired) electrons. The predicted octanol–water partition coefficient (Wildman–Crippen LogP) is 8.09. The summed E-state index contributed by atoms with van der Waals surface area (Å²) in [6.45, 7) is 14.7. The van der Waals surface area contributed by atoms with E-state index in [1.807, 2.05) is 0 Å². The predicted molar refractivity (Wildman–Crippen MR) is 143 cm³/mol. The Balaban J connectivity index is 1.45.